The minimum Gasteiger partial charge on any atom is -0.247 e. The predicted octanol–water partition coefficient (Wildman–Crippen LogP) is 1.42. The molecule has 3 nitrogen and oxygen atoms in total. The van der Waals surface area contributed by atoms with Crippen molar-refractivity contribution in [2.45, 2.75) is 26.1 Å². The Balaban J connectivity index is 4.28. The van der Waals surface area contributed by atoms with Crippen molar-refractivity contribution < 1.29 is 0 Å². The van der Waals surface area contributed by atoms with E-state index < -0.39 is 6.15 Å². The SMILES string of the molecule is CCCC[B-](C#N)(C#N)C#N. The molecular weight excluding hydrogens is 137 g/mol. The summed E-state index contributed by atoms with van der Waals surface area (Å²) in [5.41, 5.74) is 0. The zero-order chi connectivity index (χ0) is 8.74. The highest BCUT2D eigenvalue weighted by molar-refractivity contribution is 6.99. The zero-order valence-electron chi connectivity index (χ0n) is 6.54. The maximum Gasteiger partial charge on any atom is 0.298 e. The summed E-state index contributed by atoms with van der Waals surface area (Å²) in [7, 11) is 0. The number of nitrogens with zero attached hydrogens (tertiary/aromatic N) is 3. The van der Waals surface area contributed by atoms with Crippen LogP contribution in [-0.4, -0.2) is 6.15 Å². The Morgan fingerprint density at radius 2 is 1.55 bits per heavy atom. The standard InChI is InChI=1S/C7H9BN3/c1-2-3-4-8(5-9,6-10)7-11/h2-4H2,1H3/q-1. The van der Waals surface area contributed by atoms with Gasteiger partial charge in [-0.2, -0.15) is 0 Å². The minimum absolute atomic E-state index is 0.417. The number of nitriles is 3. The molecule has 0 aliphatic heterocycles. The van der Waals surface area contributed by atoms with E-state index in [2.05, 4.69) is 0 Å². The van der Waals surface area contributed by atoms with Crippen LogP contribution in [0.15, 0.2) is 0 Å². The lowest BCUT2D eigenvalue weighted by Gasteiger charge is -2.12. The number of unbranched alkanes of at least 4 members (excludes halogenated alkanes) is 1. The van der Waals surface area contributed by atoms with Gasteiger partial charge in [0.2, 0.25) is 0 Å². The average Bonchev–Trinajstić information content (AvgIpc) is 2.08. The molecule has 0 radical (unpaired) electrons. The van der Waals surface area contributed by atoms with E-state index in [1.165, 1.54) is 0 Å². The van der Waals surface area contributed by atoms with Crippen LogP contribution in [-0.2, 0) is 0 Å². The first-order valence-electron chi connectivity index (χ1n) is 3.65. The van der Waals surface area contributed by atoms with Crippen molar-refractivity contribution in [1.29, 1.82) is 15.8 Å². The highest BCUT2D eigenvalue weighted by atomic mass is 14.3. The van der Waals surface area contributed by atoms with Crippen molar-refractivity contribution in [3.63, 3.8) is 0 Å². The van der Waals surface area contributed by atoms with Crippen LogP contribution in [0.5, 0.6) is 0 Å². The fourth-order valence-electron chi connectivity index (χ4n) is 0.791. The van der Waals surface area contributed by atoms with Crippen LogP contribution >= 0.6 is 0 Å². The van der Waals surface area contributed by atoms with Gasteiger partial charge in [-0.3, -0.25) is 0 Å². The van der Waals surface area contributed by atoms with Gasteiger partial charge >= 0.3 is 0 Å². The molecule has 0 saturated heterocycles. The van der Waals surface area contributed by atoms with E-state index in [1.54, 1.807) is 17.9 Å². The summed E-state index contributed by atoms with van der Waals surface area (Å²) in [6.07, 6.45) is 0.0569. The van der Waals surface area contributed by atoms with Crippen molar-refractivity contribution in [2.75, 3.05) is 0 Å². The first-order chi connectivity index (χ1) is 5.24. The third kappa shape index (κ3) is 2.32. The molecule has 56 valence electrons. The van der Waals surface area contributed by atoms with Crippen molar-refractivity contribution in [3.8, 4) is 17.9 Å². The molecule has 11 heavy (non-hydrogen) atoms. The van der Waals surface area contributed by atoms with Gasteiger partial charge in [-0.05, 0) is 0 Å². The molecule has 0 fully saturated rings. The Hall–Kier alpha value is -1.47. The summed E-state index contributed by atoms with van der Waals surface area (Å²) in [4.78, 5) is 0. The van der Waals surface area contributed by atoms with Crippen molar-refractivity contribution >= 4 is 6.15 Å². The van der Waals surface area contributed by atoms with E-state index in [-0.39, 0.29) is 0 Å². The number of hydrogen-bond acceptors (Lipinski definition) is 3. The summed E-state index contributed by atoms with van der Waals surface area (Å²) in [5, 5.41) is 25.6. The minimum atomic E-state index is -2.04. The lowest BCUT2D eigenvalue weighted by molar-refractivity contribution is 0.874. The summed E-state index contributed by atoms with van der Waals surface area (Å²) in [6.45, 7) is 1.97. The molecule has 0 saturated carbocycles. The maximum atomic E-state index is 8.54. The molecule has 0 heterocycles. The predicted molar refractivity (Wildman–Crippen MR) is 42.3 cm³/mol. The Morgan fingerprint density at radius 3 is 1.82 bits per heavy atom. The van der Waals surface area contributed by atoms with Crippen molar-refractivity contribution in [3.05, 3.63) is 0 Å². The van der Waals surface area contributed by atoms with Crippen LogP contribution < -0.4 is 0 Å². The van der Waals surface area contributed by atoms with Gasteiger partial charge < -0.3 is 0 Å². The molecule has 0 aromatic rings. The van der Waals surface area contributed by atoms with Crippen LogP contribution in [0.3, 0.4) is 0 Å². The van der Waals surface area contributed by atoms with Crippen LogP contribution in [0.4, 0.5) is 0 Å². The Labute approximate surface area is 66.8 Å². The average molecular weight is 146 g/mol. The molecule has 0 aromatic heterocycles. The van der Waals surface area contributed by atoms with Gasteiger partial charge in [0.05, 0.1) is 0 Å². The van der Waals surface area contributed by atoms with Gasteiger partial charge in [0.15, 0.2) is 0 Å². The summed E-state index contributed by atoms with van der Waals surface area (Å²) in [6, 6.07) is 0. The molecule has 0 rings (SSSR count). The summed E-state index contributed by atoms with van der Waals surface area (Å²) >= 11 is 0. The normalized spacial score (nSPS) is 9.27. The van der Waals surface area contributed by atoms with Crippen molar-refractivity contribution in [2.24, 2.45) is 0 Å². The van der Waals surface area contributed by atoms with E-state index in [1.807, 2.05) is 6.92 Å². The van der Waals surface area contributed by atoms with Gasteiger partial charge in [0.1, 0.15) is 0 Å². The monoisotopic (exact) mass is 146 g/mol. The molecular formula is C7H9BN3-. The zero-order valence-corrected chi connectivity index (χ0v) is 6.54. The molecule has 0 N–H and O–H groups in total. The second kappa shape index (κ2) is 4.37. The van der Waals surface area contributed by atoms with Crippen molar-refractivity contribution in [1.82, 2.24) is 0 Å². The Bertz CT molecular complexity index is 204. The number of hydrogen-bond donors (Lipinski definition) is 0. The van der Waals surface area contributed by atoms with Gasteiger partial charge in [0.25, 0.3) is 6.15 Å². The quantitative estimate of drug-likeness (QED) is 0.565. The van der Waals surface area contributed by atoms with E-state index in [0.717, 1.165) is 12.8 Å². The Kier molecular flexibility index (Phi) is 3.78. The second-order valence-corrected chi connectivity index (χ2v) is 2.57. The smallest absolute Gasteiger partial charge is 0.247 e. The van der Waals surface area contributed by atoms with Crippen LogP contribution in [0, 0.1) is 33.7 Å². The molecule has 0 amide bonds. The van der Waals surface area contributed by atoms with E-state index in [9.17, 15) is 0 Å². The highest BCUT2D eigenvalue weighted by Crippen LogP contribution is 2.10. The summed E-state index contributed by atoms with van der Waals surface area (Å²) < 4.78 is 0. The largest absolute Gasteiger partial charge is 0.298 e. The van der Waals surface area contributed by atoms with Crippen LogP contribution in [0.1, 0.15) is 19.8 Å². The van der Waals surface area contributed by atoms with Gasteiger partial charge in [0, 0.05) is 0 Å². The van der Waals surface area contributed by atoms with Gasteiger partial charge in [-0.1, -0.05) is 19.8 Å². The third-order valence-corrected chi connectivity index (χ3v) is 1.65. The second-order valence-electron chi connectivity index (χ2n) is 2.57. The van der Waals surface area contributed by atoms with Gasteiger partial charge in [-0.15, -0.1) is 24.2 Å². The fourth-order valence-corrected chi connectivity index (χ4v) is 0.791. The van der Waals surface area contributed by atoms with E-state index in [0.29, 0.717) is 6.32 Å². The lowest BCUT2D eigenvalue weighted by Crippen LogP contribution is -2.28. The lowest BCUT2D eigenvalue weighted by atomic mass is 9.26. The first kappa shape index (κ1) is 9.53. The molecule has 0 spiro atoms. The molecule has 0 aromatic carbocycles. The van der Waals surface area contributed by atoms with E-state index >= 15 is 0 Å². The first-order valence-corrected chi connectivity index (χ1v) is 3.65. The molecule has 4 heteroatoms. The fraction of sp³-hybridized carbons (Fsp3) is 0.571. The molecule has 0 aliphatic rings. The molecule has 0 aliphatic carbocycles. The van der Waals surface area contributed by atoms with Gasteiger partial charge in [-0.25, -0.2) is 15.8 Å². The Morgan fingerprint density at radius 1 is 1.09 bits per heavy atom. The van der Waals surface area contributed by atoms with E-state index in [4.69, 9.17) is 15.8 Å². The topological polar surface area (TPSA) is 71.4 Å². The van der Waals surface area contributed by atoms with Crippen LogP contribution in [0.25, 0.3) is 0 Å². The summed E-state index contributed by atoms with van der Waals surface area (Å²) in [5.74, 6) is 5.37. The third-order valence-electron chi connectivity index (χ3n) is 1.65. The maximum absolute atomic E-state index is 8.54. The number of rotatable bonds is 3. The molecule has 0 unspecified atom stereocenters. The molecule has 0 atom stereocenters. The molecule has 0 bridgehead atoms. The van der Waals surface area contributed by atoms with Crippen LogP contribution in [0.2, 0.25) is 6.32 Å². The highest BCUT2D eigenvalue weighted by Gasteiger charge is 2.22.